The lowest BCUT2D eigenvalue weighted by Gasteiger charge is -2.27. The van der Waals surface area contributed by atoms with Crippen LogP contribution >= 0.6 is 7.82 Å². The van der Waals surface area contributed by atoms with Gasteiger partial charge in [-0.05, 0) is 76.7 Å². The van der Waals surface area contributed by atoms with E-state index in [-0.39, 0.29) is 31.5 Å². The van der Waals surface area contributed by atoms with Gasteiger partial charge in [-0.25, -0.2) is 4.57 Å². The molecule has 0 bridgehead atoms. The summed E-state index contributed by atoms with van der Waals surface area (Å²) in [6.45, 7) is 6.99. The van der Waals surface area contributed by atoms with E-state index >= 15 is 0 Å². The van der Waals surface area contributed by atoms with Crippen molar-refractivity contribution in [3.8, 4) is 0 Å². The predicted octanol–water partition coefficient (Wildman–Crippen LogP) is 20.2. The van der Waals surface area contributed by atoms with Gasteiger partial charge < -0.3 is 19.4 Å². The van der Waals surface area contributed by atoms with E-state index in [0.717, 1.165) is 77.0 Å². The number of ether oxygens (including phenoxy) is 1. The fraction of sp³-hybridized carbons (Fsp3) is 0.821. The monoisotopic (exact) mass is 1100 g/mol. The third-order valence-electron chi connectivity index (χ3n) is 14.5. The molecule has 0 aromatic rings. The number of hydrogen-bond acceptors (Lipinski definition) is 6. The number of amides is 1. The fourth-order valence-electron chi connectivity index (χ4n) is 9.40. The van der Waals surface area contributed by atoms with Gasteiger partial charge in [0.05, 0.1) is 33.8 Å². The first kappa shape index (κ1) is 74.7. The van der Waals surface area contributed by atoms with Gasteiger partial charge in [0.25, 0.3) is 0 Å². The number of likely N-dealkylation sites (N-methyl/N-ethyl adjacent to an activating group) is 1. The molecule has 0 radical (unpaired) electrons. The number of nitrogens with one attached hydrogen (secondary N) is 1. The van der Waals surface area contributed by atoms with Gasteiger partial charge in [-0.3, -0.25) is 18.6 Å². The molecule has 0 aliphatic heterocycles. The molecule has 0 aliphatic carbocycles. The lowest BCUT2D eigenvalue weighted by Crippen LogP contribution is -2.47. The van der Waals surface area contributed by atoms with Crippen LogP contribution in [0.5, 0.6) is 0 Å². The van der Waals surface area contributed by atoms with E-state index in [1.807, 2.05) is 33.3 Å². The molecule has 10 heteroatoms. The summed E-state index contributed by atoms with van der Waals surface area (Å²) in [5.41, 5.74) is 0. The molecule has 3 unspecified atom stereocenters. The minimum absolute atomic E-state index is 0.0350. The predicted molar refractivity (Wildman–Crippen MR) is 332 cm³/mol. The van der Waals surface area contributed by atoms with Gasteiger partial charge in [-0.15, -0.1) is 0 Å². The van der Waals surface area contributed by atoms with Crippen molar-refractivity contribution in [2.24, 2.45) is 0 Å². The third-order valence-corrected chi connectivity index (χ3v) is 15.4. The summed E-state index contributed by atoms with van der Waals surface area (Å²) in [6, 6.07) is -0.860. The molecule has 0 saturated heterocycles. The maximum absolute atomic E-state index is 13.6. The van der Waals surface area contributed by atoms with Gasteiger partial charge in [0, 0.05) is 12.8 Å². The number of rotatable bonds is 59. The standard InChI is InChI=1S/C67H125N2O7P/c1-7-10-13-16-19-22-25-27-29-31-33-34-36-37-39-41-44-47-50-53-56-59-66(70)68-64(63-75-77(72,73)74-62-61-69(4,5)6)65(58-55-52-49-46-43-24-21-18-15-12-9-3)76-67(71)60-57-54-51-48-45-42-40-38-35-32-30-28-26-23-20-17-14-11-8-2/h20,23,28,30,35,38,42,45,55,58,64-65H,7-19,21-22,24-27,29,31-34,36-37,39-41,43-44,46-54,56-57,59-63H2,1-6H3,(H-,68,70,72,73)/p+1/b23-20-,30-28-,38-35-,45-42-,58-55+. The highest BCUT2D eigenvalue weighted by molar-refractivity contribution is 7.47. The summed E-state index contributed by atoms with van der Waals surface area (Å²) in [6.07, 6.45) is 72.2. The van der Waals surface area contributed by atoms with Crippen molar-refractivity contribution in [3.63, 3.8) is 0 Å². The Morgan fingerprint density at radius 1 is 0.455 bits per heavy atom. The van der Waals surface area contributed by atoms with Crippen molar-refractivity contribution in [2.45, 2.75) is 315 Å². The fourth-order valence-corrected chi connectivity index (χ4v) is 10.1. The summed E-state index contributed by atoms with van der Waals surface area (Å²) in [4.78, 5) is 37.7. The zero-order chi connectivity index (χ0) is 56.4. The van der Waals surface area contributed by atoms with Crippen LogP contribution in [0.15, 0.2) is 60.8 Å². The molecule has 0 fully saturated rings. The maximum atomic E-state index is 13.6. The van der Waals surface area contributed by atoms with E-state index in [1.54, 1.807) is 0 Å². The first-order valence-electron chi connectivity index (χ1n) is 32.6. The Hall–Kier alpha value is -2.29. The van der Waals surface area contributed by atoms with Gasteiger partial charge in [0.15, 0.2) is 0 Å². The van der Waals surface area contributed by atoms with Gasteiger partial charge in [0.1, 0.15) is 19.3 Å². The molecule has 3 atom stereocenters. The Balaban J connectivity index is 5.19. The maximum Gasteiger partial charge on any atom is 0.472 e. The Kier molecular flexibility index (Phi) is 55.3. The molecule has 0 spiro atoms. The van der Waals surface area contributed by atoms with Crippen LogP contribution in [-0.2, 0) is 27.9 Å². The molecule has 0 aliphatic rings. The minimum Gasteiger partial charge on any atom is -0.456 e. The third kappa shape index (κ3) is 58.2. The Morgan fingerprint density at radius 2 is 0.792 bits per heavy atom. The average molecular weight is 1100 g/mol. The number of nitrogens with zero attached hydrogens (tertiary/aromatic N) is 1. The number of quaternary nitrogens is 1. The summed E-state index contributed by atoms with van der Waals surface area (Å²) < 4.78 is 30.7. The number of allylic oxidation sites excluding steroid dienone is 9. The van der Waals surface area contributed by atoms with Crippen LogP contribution in [-0.4, -0.2) is 74.3 Å². The molecular weight excluding hydrogens is 976 g/mol. The molecule has 2 N–H and O–H groups in total. The smallest absolute Gasteiger partial charge is 0.456 e. The van der Waals surface area contributed by atoms with E-state index in [0.29, 0.717) is 23.9 Å². The molecule has 0 heterocycles. The van der Waals surface area contributed by atoms with Crippen LogP contribution < -0.4 is 5.32 Å². The normalized spacial score (nSPS) is 14.0. The summed E-state index contributed by atoms with van der Waals surface area (Å²) in [5, 5.41) is 3.06. The van der Waals surface area contributed by atoms with Gasteiger partial charge in [-0.1, -0.05) is 275 Å². The Labute approximate surface area is 477 Å². The topological polar surface area (TPSA) is 111 Å². The van der Waals surface area contributed by atoms with Crippen molar-refractivity contribution in [1.82, 2.24) is 5.32 Å². The number of carbonyl (C=O) groups is 2. The van der Waals surface area contributed by atoms with Crippen molar-refractivity contribution in [2.75, 3.05) is 40.9 Å². The van der Waals surface area contributed by atoms with E-state index in [2.05, 4.69) is 74.7 Å². The van der Waals surface area contributed by atoms with Crippen LogP contribution in [0, 0.1) is 0 Å². The van der Waals surface area contributed by atoms with Crippen LogP contribution in [0.4, 0.5) is 0 Å². The van der Waals surface area contributed by atoms with Gasteiger partial charge in [0.2, 0.25) is 5.91 Å². The molecule has 450 valence electrons. The lowest BCUT2D eigenvalue weighted by atomic mass is 10.0. The second-order valence-corrected chi connectivity index (χ2v) is 24.7. The largest absolute Gasteiger partial charge is 0.472 e. The Bertz CT molecular complexity index is 1500. The molecule has 1 amide bonds. The molecule has 77 heavy (non-hydrogen) atoms. The van der Waals surface area contributed by atoms with Crippen molar-refractivity contribution in [1.29, 1.82) is 0 Å². The molecule has 0 aromatic carbocycles. The van der Waals surface area contributed by atoms with E-state index in [4.69, 9.17) is 13.8 Å². The number of unbranched alkanes of at least 4 members (excludes halogenated alkanes) is 35. The van der Waals surface area contributed by atoms with Crippen LogP contribution in [0.1, 0.15) is 303 Å². The quantitative estimate of drug-likeness (QED) is 0.0205. The van der Waals surface area contributed by atoms with Gasteiger partial charge >= 0.3 is 13.8 Å². The highest BCUT2D eigenvalue weighted by atomic mass is 31.2. The lowest BCUT2D eigenvalue weighted by molar-refractivity contribution is -0.870. The zero-order valence-corrected chi connectivity index (χ0v) is 52.3. The number of carbonyl (C=O) groups excluding carboxylic acids is 2. The first-order chi connectivity index (χ1) is 37.4. The van der Waals surface area contributed by atoms with Crippen molar-refractivity contribution < 1.29 is 37.3 Å². The molecule has 0 aromatic heterocycles. The summed E-state index contributed by atoms with van der Waals surface area (Å²) in [7, 11) is 1.48. The summed E-state index contributed by atoms with van der Waals surface area (Å²) >= 11 is 0. The highest BCUT2D eigenvalue weighted by Crippen LogP contribution is 2.43. The highest BCUT2D eigenvalue weighted by Gasteiger charge is 2.30. The minimum atomic E-state index is -4.46. The molecule has 0 rings (SSSR count). The second-order valence-electron chi connectivity index (χ2n) is 23.3. The van der Waals surface area contributed by atoms with E-state index < -0.39 is 20.0 Å². The SMILES string of the molecule is CCCCC/C=C\C/C=C\C/C=C\C/C=C\CCCCCC(=O)OC(/C=C/CCCCCCCCCCC)C(COP(=O)(O)OCC[N+](C)(C)C)NC(=O)CCCCCCCCCCCCCCCCCCCCCCC. The number of phosphoric acid groups is 1. The van der Waals surface area contributed by atoms with E-state index in [1.165, 1.54) is 186 Å². The zero-order valence-electron chi connectivity index (χ0n) is 51.5. The average Bonchev–Trinajstić information content (AvgIpc) is 3.39. The summed E-state index contributed by atoms with van der Waals surface area (Å²) in [5.74, 6) is -0.532. The Morgan fingerprint density at radius 3 is 1.22 bits per heavy atom. The van der Waals surface area contributed by atoms with Crippen molar-refractivity contribution in [3.05, 3.63) is 60.8 Å². The molecular formula is C67H126N2O7P+. The van der Waals surface area contributed by atoms with E-state index in [9.17, 15) is 19.0 Å². The molecule has 0 saturated carbocycles. The van der Waals surface area contributed by atoms with Gasteiger partial charge in [-0.2, -0.15) is 0 Å². The number of hydrogen-bond donors (Lipinski definition) is 2. The van der Waals surface area contributed by atoms with Crippen LogP contribution in [0.25, 0.3) is 0 Å². The van der Waals surface area contributed by atoms with Crippen LogP contribution in [0.2, 0.25) is 0 Å². The van der Waals surface area contributed by atoms with Crippen LogP contribution in [0.3, 0.4) is 0 Å². The second kappa shape index (κ2) is 57.0. The molecule has 9 nitrogen and oxygen atoms in total. The number of phosphoric ester groups is 1. The first-order valence-corrected chi connectivity index (χ1v) is 34.1. The van der Waals surface area contributed by atoms with Crippen molar-refractivity contribution >= 4 is 19.7 Å². The number of esters is 1.